The summed E-state index contributed by atoms with van der Waals surface area (Å²) in [4.78, 5) is 10.3. The summed E-state index contributed by atoms with van der Waals surface area (Å²) in [6.07, 6.45) is -0.128. The molecule has 0 aliphatic heterocycles. The number of carboxylic acid groups (broad SMARTS) is 1. The van der Waals surface area contributed by atoms with Crippen molar-refractivity contribution in [1.82, 2.24) is 0 Å². The van der Waals surface area contributed by atoms with Crippen molar-refractivity contribution in [1.29, 1.82) is 0 Å². The predicted octanol–water partition coefficient (Wildman–Crippen LogP) is 1.31. The Morgan fingerprint density at radius 1 is 1.39 bits per heavy atom. The average Bonchev–Trinajstić information content (AvgIpc) is 2.21. The van der Waals surface area contributed by atoms with Crippen molar-refractivity contribution in [3.05, 3.63) is 23.8 Å². The van der Waals surface area contributed by atoms with Gasteiger partial charge in [-0.3, -0.25) is 9.52 Å². The first-order valence-corrected chi connectivity index (χ1v) is 6.97. The van der Waals surface area contributed by atoms with Gasteiger partial charge in [-0.1, -0.05) is 0 Å². The number of anilines is 1. The molecule has 7 heteroatoms. The van der Waals surface area contributed by atoms with Crippen LogP contribution in [0.4, 0.5) is 5.69 Å². The lowest BCUT2D eigenvalue weighted by molar-refractivity contribution is -0.137. The van der Waals surface area contributed by atoms with Gasteiger partial charge in [0, 0.05) is 6.42 Å². The Bertz CT molecular complexity index is 538. The van der Waals surface area contributed by atoms with Crippen LogP contribution in [0, 0.1) is 6.92 Å². The molecule has 0 saturated heterocycles. The van der Waals surface area contributed by atoms with Gasteiger partial charge in [0.1, 0.15) is 5.75 Å². The number of rotatable bonds is 6. The molecule has 0 atom stereocenters. The van der Waals surface area contributed by atoms with Crippen molar-refractivity contribution < 1.29 is 23.4 Å². The zero-order chi connectivity index (χ0) is 13.8. The molecule has 0 aliphatic rings. The quantitative estimate of drug-likeness (QED) is 0.678. The Labute approximate surface area is 105 Å². The third kappa shape index (κ3) is 4.62. The molecule has 1 rings (SSSR count). The molecule has 1 aromatic carbocycles. The number of hydrogen-bond donors (Lipinski definition) is 3. The second-order valence-corrected chi connectivity index (χ2v) is 5.76. The van der Waals surface area contributed by atoms with Crippen molar-refractivity contribution >= 4 is 21.7 Å². The maximum absolute atomic E-state index is 11.7. The fourth-order valence-corrected chi connectivity index (χ4v) is 2.58. The van der Waals surface area contributed by atoms with Crippen LogP contribution in [0.25, 0.3) is 0 Å². The summed E-state index contributed by atoms with van der Waals surface area (Å²) in [5.74, 6) is -1.22. The summed E-state index contributed by atoms with van der Waals surface area (Å²) in [6.45, 7) is 1.66. The SMILES string of the molecule is Cc1cc(O)ccc1NS(=O)(=O)CCCC(=O)O. The molecule has 0 amide bonds. The van der Waals surface area contributed by atoms with Crippen LogP contribution >= 0.6 is 0 Å². The van der Waals surface area contributed by atoms with Crippen molar-refractivity contribution in [2.75, 3.05) is 10.5 Å². The minimum Gasteiger partial charge on any atom is -0.508 e. The number of hydrogen-bond acceptors (Lipinski definition) is 4. The highest BCUT2D eigenvalue weighted by Crippen LogP contribution is 2.21. The number of phenols is 1. The number of benzene rings is 1. The van der Waals surface area contributed by atoms with Crippen LogP contribution in [0.2, 0.25) is 0 Å². The number of nitrogens with one attached hydrogen (secondary N) is 1. The summed E-state index contributed by atoms with van der Waals surface area (Å²) < 4.78 is 25.7. The van der Waals surface area contributed by atoms with E-state index in [4.69, 9.17) is 5.11 Å². The van der Waals surface area contributed by atoms with Crippen molar-refractivity contribution in [3.63, 3.8) is 0 Å². The number of aryl methyl sites for hydroxylation is 1. The Morgan fingerprint density at radius 3 is 2.61 bits per heavy atom. The molecule has 6 nitrogen and oxygen atoms in total. The Kier molecular flexibility index (Phi) is 4.55. The van der Waals surface area contributed by atoms with Crippen LogP contribution < -0.4 is 4.72 Å². The van der Waals surface area contributed by atoms with E-state index < -0.39 is 16.0 Å². The van der Waals surface area contributed by atoms with Gasteiger partial charge >= 0.3 is 5.97 Å². The third-order valence-electron chi connectivity index (χ3n) is 2.28. The largest absolute Gasteiger partial charge is 0.508 e. The summed E-state index contributed by atoms with van der Waals surface area (Å²) >= 11 is 0. The molecular formula is C11H15NO5S. The lowest BCUT2D eigenvalue weighted by Gasteiger charge is -2.10. The molecule has 18 heavy (non-hydrogen) atoms. The van der Waals surface area contributed by atoms with Crippen molar-refractivity contribution in [3.8, 4) is 5.75 Å². The van der Waals surface area contributed by atoms with Crippen LogP contribution in [0.1, 0.15) is 18.4 Å². The van der Waals surface area contributed by atoms with E-state index in [9.17, 15) is 18.3 Å². The minimum atomic E-state index is -3.56. The van der Waals surface area contributed by atoms with E-state index in [2.05, 4.69) is 4.72 Å². The van der Waals surface area contributed by atoms with Crippen molar-refractivity contribution in [2.24, 2.45) is 0 Å². The molecule has 0 aliphatic carbocycles. The minimum absolute atomic E-state index is 0.0568. The van der Waals surface area contributed by atoms with Gasteiger partial charge in [0.05, 0.1) is 11.4 Å². The smallest absolute Gasteiger partial charge is 0.303 e. The van der Waals surface area contributed by atoms with Crippen LogP contribution in [-0.4, -0.2) is 30.4 Å². The Balaban J connectivity index is 2.67. The van der Waals surface area contributed by atoms with Gasteiger partial charge in [-0.25, -0.2) is 8.42 Å². The Morgan fingerprint density at radius 2 is 2.06 bits per heavy atom. The normalized spacial score (nSPS) is 11.2. The summed E-state index contributed by atoms with van der Waals surface area (Å²) in [5, 5.41) is 17.6. The predicted molar refractivity (Wildman–Crippen MR) is 67.1 cm³/mol. The van der Waals surface area contributed by atoms with E-state index in [1.165, 1.54) is 18.2 Å². The number of sulfonamides is 1. The molecule has 0 aromatic heterocycles. The van der Waals surface area contributed by atoms with Crippen molar-refractivity contribution in [2.45, 2.75) is 19.8 Å². The molecule has 0 spiro atoms. The topological polar surface area (TPSA) is 104 Å². The first kappa shape index (κ1) is 14.3. The maximum atomic E-state index is 11.7. The number of aromatic hydroxyl groups is 1. The fourth-order valence-electron chi connectivity index (χ4n) is 1.39. The number of carbonyl (C=O) groups is 1. The highest BCUT2D eigenvalue weighted by Gasteiger charge is 2.12. The second-order valence-electron chi connectivity index (χ2n) is 3.92. The van der Waals surface area contributed by atoms with E-state index in [1.54, 1.807) is 6.92 Å². The molecular weight excluding hydrogens is 258 g/mol. The fraction of sp³-hybridized carbons (Fsp3) is 0.364. The van der Waals surface area contributed by atoms with Gasteiger partial charge in [0.15, 0.2) is 0 Å². The number of phenolic OH excluding ortho intramolecular Hbond substituents is 1. The maximum Gasteiger partial charge on any atom is 0.303 e. The summed E-state index contributed by atoms with van der Waals surface area (Å²) in [5.41, 5.74) is 0.972. The molecule has 0 saturated carbocycles. The lowest BCUT2D eigenvalue weighted by atomic mass is 10.2. The summed E-state index contributed by atoms with van der Waals surface area (Å²) in [6, 6.07) is 4.27. The summed E-state index contributed by atoms with van der Waals surface area (Å²) in [7, 11) is -3.56. The molecule has 0 bridgehead atoms. The monoisotopic (exact) mass is 273 g/mol. The third-order valence-corrected chi connectivity index (χ3v) is 3.64. The number of aliphatic carboxylic acids is 1. The molecule has 3 N–H and O–H groups in total. The van der Waals surface area contributed by atoms with E-state index in [-0.39, 0.29) is 24.3 Å². The average molecular weight is 273 g/mol. The molecule has 0 heterocycles. The molecule has 0 fully saturated rings. The zero-order valence-corrected chi connectivity index (χ0v) is 10.7. The molecule has 1 aromatic rings. The van der Waals surface area contributed by atoms with Gasteiger partial charge in [-0.15, -0.1) is 0 Å². The van der Waals surface area contributed by atoms with E-state index in [1.807, 2.05) is 0 Å². The van der Waals surface area contributed by atoms with Crippen LogP contribution in [0.15, 0.2) is 18.2 Å². The highest BCUT2D eigenvalue weighted by molar-refractivity contribution is 7.92. The molecule has 0 radical (unpaired) electrons. The Hall–Kier alpha value is -1.76. The van der Waals surface area contributed by atoms with Crippen LogP contribution in [-0.2, 0) is 14.8 Å². The van der Waals surface area contributed by atoms with Gasteiger partial charge in [-0.2, -0.15) is 0 Å². The zero-order valence-electron chi connectivity index (χ0n) is 9.88. The molecule has 0 unspecified atom stereocenters. The first-order chi connectivity index (χ1) is 8.30. The number of carboxylic acids is 1. The van der Waals surface area contributed by atoms with Crippen LogP contribution in [0.5, 0.6) is 5.75 Å². The van der Waals surface area contributed by atoms with E-state index >= 15 is 0 Å². The highest BCUT2D eigenvalue weighted by atomic mass is 32.2. The second kappa shape index (κ2) is 5.72. The standard InChI is InChI=1S/C11H15NO5S/c1-8-7-9(13)4-5-10(8)12-18(16,17)6-2-3-11(14)15/h4-5,7,12-13H,2-3,6H2,1H3,(H,14,15). The molecule has 100 valence electrons. The van der Waals surface area contributed by atoms with E-state index in [0.717, 1.165) is 0 Å². The lowest BCUT2D eigenvalue weighted by Crippen LogP contribution is -2.18. The van der Waals surface area contributed by atoms with Crippen LogP contribution in [0.3, 0.4) is 0 Å². The first-order valence-electron chi connectivity index (χ1n) is 5.32. The van der Waals surface area contributed by atoms with Gasteiger partial charge in [0.2, 0.25) is 10.0 Å². The van der Waals surface area contributed by atoms with Gasteiger partial charge in [0.25, 0.3) is 0 Å². The van der Waals surface area contributed by atoms with E-state index in [0.29, 0.717) is 11.3 Å². The van der Waals surface area contributed by atoms with Gasteiger partial charge in [-0.05, 0) is 37.1 Å². The van der Waals surface area contributed by atoms with Gasteiger partial charge < -0.3 is 10.2 Å².